The number of rotatable bonds is 4. The zero-order chi connectivity index (χ0) is 11.1. The zero-order valence-corrected chi connectivity index (χ0v) is 9.23. The normalized spacial score (nSPS) is 9.53. The molecule has 0 saturated heterocycles. The second-order valence-electron chi connectivity index (χ2n) is 3.45. The van der Waals surface area contributed by atoms with Crippen molar-refractivity contribution in [3.05, 3.63) is 35.1 Å². The molecule has 0 aliphatic carbocycles. The Bertz CT molecular complexity index is 374. The Morgan fingerprint density at radius 2 is 2.20 bits per heavy atom. The van der Waals surface area contributed by atoms with Gasteiger partial charge in [-0.15, -0.1) is 11.8 Å². The Morgan fingerprint density at radius 3 is 2.93 bits per heavy atom. The molecule has 0 radical (unpaired) electrons. The highest BCUT2D eigenvalue weighted by molar-refractivity contribution is 5.23. The van der Waals surface area contributed by atoms with E-state index in [1.54, 1.807) is 6.07 Å². The van der Waals surface area contributed by atoms with Crippen molar-refractivity contribution in [3.8, 4) is 11.8 Å². The average Bonchev–Trinajstić information content (AvgIpc) is 2.23. The van der Waals surface area contributed by atoms with Gasteiger partial charge in [0.15, 0.2) is 0 Å². The van der Waals surface area contributed by atoms with Crippen LogP contribution in [0.5, 0.6) is 0 Å². The molecule has 0 saturated carbocycles. The smallest absolute Gasteiger partial charge is 0.127 e. The van der Waals surface area contributed by atoms with Crippen molar-refractivity contribution in [1.82, 2.24) is 5.32 Å². The van der Waals surface area contributed by atoms with Crippen LogP contribution in [0.4, 0.5) is 4.39 Å². The van der Waals surface area contributed by atoms with E-state index in [9.17, 15) is 4.39 Å². The second kappa shape index (κ2) is 6.21. The van der Waals surface area contributed by atoms with E-state index in [-0.39, 0.29) is 5.82 Å². The summed E-state index contributed by atoms with van der Waals surface area (Å²) in [4.78, 5) is 0. The summed E-state index contributed by atoms with van der Waals surface area (Å²) >= 11 is 0. The summed E-state index contributed by atoms with van der Waals surface area (Å²) in [6, 6.07) is 5.16. The standard InChI is InChI=1S/C13H16FN/c1-3-4-5-8-15-10-12-9-11(2)6-7-13(12)14/h6-7,9,15H,5,8,10H2,1-2H3. The SMILES string of the molecule is CC#CCCNCc1cc(C)ccc1F. The third-order valence-electron chi connectivity index (χ3n) is 2.12. The predicted molar refractivity (Wildman–Crippen MR) is 60.9 cm³/mol. The van der Waals surface area contributed by atoms with Crippen LogP contribution in [0.25, 0.3) is 0 Å². The van der Waals surface area contributed by atoms with Gasteiger partial charge in [0.25, 0.3) is 0 Å². The molecule has 0 amide bonds. The summed E-state index contributed by atoms with van der Waals surface area (Å²) in [5.41, 5.74) is 1.81. The molecule has 80 valence electrons. The van der Waals surface area contributed by atoms with Crippen LogP contribution in [0.3, 0.4) is 0 Å². The Hall–Kier alpha value is -1.33. The van der Waals surface area contributed by atoms with Gasteiger partial charge in [-0.25, -0.2) is 4.39 Å². The molecule has 2 heteroatoms. The summed E-state index contributed by atoms with van der Waals surface area (Å²) < 4.78 is 13.3. The van der Waals surface area contributed by atoms with Crippen molar-refractivity contribution in [1.29, 1.82) is 0 Å². The van der Waals surface area contributed by atoms with E-state index in [4.69, 9.17) is 0 Å². The molecule has 1 rings (SSSR count). The average molecular weight is 205 g/mol. The Kier molecular flexibility index (Phi) is 4.86. The van der Waals surface area contributed by atoms with Crippen molar-refractivity contribution in [2.45, 2.75) is 26.8 Å². The zero-order valence-electron chi connectivity index (χ0n) is 9.23. The maximum atomic E-state index is 13.3. The van der Waals surface area contributed by atoms with Gasteiger partial charge in [0.05, 0.1) is 0 Å². The molecule has 1 N–H and O–H groups in total. The molecule has 0 aliphatic rings. The van der Waals surface area contributed by atoms with Gasteiger partial charge in [-0.2, -0.15) is 0 Å². The largest absolute Gasteiger partial charge is 0.312 e. The molecule has 0 unspecified atom stereocenters. The lowest BCUT2D eigenvalue weighted by Crippen LogP contribution is -2.15. The second-order valence-corrected chi connectivity index (χ2v) is 3.45. The minimum Gasteiger partial charge on any atom is -0.312 e. The van der Waals surface area contributed by atoms with Crippen molar-refractivity contribution in [2.75, 3.05) is 6.54 Å². The third-order valence-corrected chi connectivity index (χ3v) is 2.12. The quantitative estimate of drug-likeness (QED) is 0.588. The van der Waals surface area contributed by atoms with Crippen molar-refractivity contribution < 1.29 is 4.39 Å². The summed E-state index contributed by atoms with van der Waals surface area (Å²) in [6.45, 7) is 5.15. The van der Waals surface area contributed by atoms with Crippen LogP contribution in [0.15, 0.2) is 18.2 Å². The van der Waals surface area contributed by atoms with Crippen LogP contribution in [0, 0.1) is 24.6 Å². The third kappa shape index (κ3) is 4.14. The fourth-order valence-electron chi connectivity index (χ4n) is 1.34. The fourth-order valence-corrected chi connectivity index (χ4v) is 1.34. The molecule has 15 heavy (non-hydrogen) atoms. The number of hydrogen-bond acceptors (Lipinski definition) is 1. The molecule has 0 aromatic heterocycles. The summed E-state index contributed by atoms with van der Waals surface area (Å²) in [6.07, 6.45) is 0.809. The maximum absolute atomic E-state index is 13.3. The van der Waals surface area contributed by atoms with E-state index in [0.717, 1.165) is 24.1 Å². The first kappa shape index (κ1) is 11.7. The van der Waals surface area contributed by atoms with Crippen LogP contribution in [0.2, 0.25) is 0 Å². The lowest BCUT2D eigenvalue weighted by atomic mass is 10.1. The highest BCUT2D eigenvalue weighted by Gasteiger charge is 2.00. The number of aryl methyl sites for hydroxylation is 1. The van der Waals surface area contributed by atoms with Crippen molar-refractivity contribution in [3.63, 3.8) is 0 Å². The van der Waals surface area contributed by atoms with Crippen molar-refractivity contribution in [2.24, 2.45) is 0 Å². The minimum atomic E-state index is -0.144. The van der Waals surface area contributed by atoms with E-state index in [1.807, 2.05) is 19.9 Å². The van der Waals surface area contributed by atoms with Gasteiger partial charge in [0.2, 0.25) is 0 Å². The maximum Gasteiger partial charge on any atom is 0.127 e. The topological polar surface area (TPSA) is 12.0 Å². The van der Waals surface area contributed by atoms with Crippen LogP contribution >= 0.6 is 0 Å². The monoisotopic (exact) mass is 205 g/mol. The number of benzene rings is 1. The van der Waals surface area contributed by atoms with Crippen LogP contribution < -0.4 is 5.32 Å². The van der Waals surface area contributed by atoms with Crippen LogP contribution in [0.1, 0.15) is 24.5 Å². The molecule has 1 aromatic carbocycles. The molecule has 0 heterocycles. The summed E-state index contributed by atoms with van der Waals surface area (Å²) in [5, 5.41) is 3.16. The molecule has 0 bridgehead atoms. The minimum absolute atomic E-state index is 0.144. The van der Waals surface area contributed by atoms with Crippen LogP contribution in [-0.2, 0) is 6.54 Å². The molecular weight excluding hydrogens is 189 g/mol. The molecular formula is C13H16FN. The first-order valence-electron chi connectivity index (χ1n) is 5.09. The van der Waals surface area contributed by atoms with Crippen LogP contribution in [-0.4, -0.2) is 6.54 Å². The van der Waals surface area contributed by atoms with E-state index in [0.29, 0.717) is 6.54 Å². The van der Waals surface area contributed by atoms with Gasteiger partial charge in [-0.3, -0.25) is 0 Å². The van der Waals surface area contributed by atoms with Gasteiger partial charge >= 0.3 is 0 Å². The molecule has 0 spiro atoms. The summed E-state index contributed by atoms with van der Waals surface area (Å²) in [5.74, 6) is 5.63. The number of halogens is 1. The van der Waals surface area contributed by atoms with E-state index in [1.165, 1.54) is 6.07 Å². The molecule has 0 fully saturated rings. The summed E-state index contributed by atoms with van der Waals surface area (Å²) in [7, 11) is 0. The Balaban J connectivity index is 2.42. The molecule has 1 aromatic rings. The first-order valence-corrected chi connectivity index (χ1v) is 5.09. The number of nitrogens with one attached hydrogen (secondary N) is 1. The van der Waals surface area contributed by atoms with E-state index >= 15 is 0 Å². The van der Waals surface area contributed by atoms with Gasteiger partial charge in [0.1, 0.15) is 5.82 Å². The van der Waals surface area contributed by atoms with Gasteiger partial charge in [-0.05, 0) is 19.9 Å². The highest BCUT2D eigenvalue weighted by Crippen LogP contribution is 2.09. The highest BCUT2D eigenvalue weighted by atomic mass is 19.1. The van der Waals surface area contributed by atoms with Gasteiger partial charge in [0, 0.05) is 25.1 Å². The molecule has 1 nitrogen and oxygen atoms in total. The fraction of sp³-hybridized carbons (Fsp3) is 0.385. The molecule has 0 atom stereocenters. The molecule has 0 aliphatic heterocycles. The van der Waals surface area contributed by atoms with Gasteiger partial charge in [-0.1, -0.05) is 17.7 Å². The first-order chi connectivity index (χ1) is 7.24. The Morgan fingerprint density at radius 1 is 1.40 bits per heavy atom. The number of hydrogen-bond donors (Lipinski definition) is 1. The van der Waals surface area contributed by atoms with E-state index in [2.05, 4.69) is 17.2 Å². The van der Waals surface area contributed by atoms with Crippen molar-refractivity contribution >= 4 is 0 Å². The van der Waals surface area contributed by atoms with Gasteiger partial charge < -0.3 is 5.32 Å². The lowest BCUT2D eigenvalue weighted by molar-refractivity contribution is 0.589. The lowest BCUT2D eigenvalue weighted by Gasteiger charge is -2.05. The predicted octanol–water partition coefficient (Wildman–Crippen LogP) is 2.64. The van der Waals surface area contributed by atoms with E-state index < -0.39 is 0 Å². The Labute approximate surface area is 90.7 Å².